The van der Waals surface area contributed by atoms with Gasteiger partial charge in [-0.2, -0.15) is 0 Å². The summed E-state index contributed by atoms with van der Waals surface area (Å²) in [6, 6.07) is 18.0. The first-order chi connectivity index (χ1) is 10.1. The largest absolute Gasteiger partial charge is 0.478 e. The van der Waals surface area contributed by atoms with Gasteiger partial charge in [-0.3, -0.25) is 0 Å². The van der Waals surface area contributed by atoms with Crippen LogP contribution in [-0.4, -0.2) is 22.4 Å². The van der Waals surface area contributed by atoms with Crippen LogP contribution in [0.4, 0.5) is 0 Å². The Morgan fingerprint density at radius 1 is 1.05 bits per heavy atom. The molecule has 0 unspecified atom stereocenters. The predicted molar refractivity (Wildman–Crippen MR) is 80.2 cm³/mol. The van der Waals surface area contributed by atoms with E-state index in [0.717, 1.165) is 16.7 Å². The summed E-state index contributed by atoms with van der Waals surface area (Å²) in [5, 5.41) is 13.1. The van der Waals surface area contributed by atoms with Gasteiger partial charge in [-0.15, -0.1) is 0 Å². The molecule has 0 spiro atoms. The zero-order chi connectivity index (χ0) is 14.9. The Kier molecular flexibility index (Phi) is 3.22. The van der Waals surface area contributed by atoms with E-state index in [0.29, 0.717) is 5.71 Å². The van der Waals surface area contributed by atoms with E-state index < -0.39 is 11.6 Å². The van der Waals surface area contributed by atoms with Gasteiger partial charge in [-0.05, 0) is 23.6 Å². The molecule has 21 heavy (non-hydrogen) atoms. The van der Waals surface area contributed by atoms with Crippen molar-refractivity contribution >= 4 is 11.7 Å². The first-order valence-corrected chi connectivity index (χ1v) is 6.73. The van der Waals surface area contributed by atoms with Crippen molar-refractivity contribution in [3.8, 4) is 11.1 Å². The van der Waals surface area contributed by atoms with Crippen molar-refractivity contribution in [2.24, 2.45) is 5.16 Å². The van der Waals surface area contributed by atoms with Gasteiger partial charge in [0, 0.05) is 6.42 Å². The lowest BCUT2D eigenvalue weighted by Gasteiger charge is -2.14. The number of rotatable bonds is 3. The second kappa shape index (κ2) is 5.05. The van der Waals surface area contributed by atoms with Crippen molar-refractivity contribution in [2.75, 3.05) is 0 Å². The fraction of sp³-hybridized carbons (Fsp3) is 0.176. The molecule has 3 rings (SSSR count). The van der Waals surface area contributed by atoms with E-state index in [9.17, 15) is 4.79 Å². The van der Waals surface area contributed by atoms with Crippen LogP contribution >= 0.6 is 0 Å². The molecular formula is C17H15NO3. The molecule has 1 N–H and O–H groups in total. The van der Waals surface area contributed by atoms with Crippen LogP contribution in [0.25, 0.3) is 11.1 Å². The van der Waals surface area contributed by atoms with E-state index in [1.54, 1.807) is 0 Å². The molecule has 106 valence electrons. The molecule has 4 heteroatoms. The Morgan fingerprint density at radius 2 is 1.62 bits per heavy atom. The van der Waals surface area contributed by atoms with Gasteiger partial charge in [0.05, 0.1) is 5.71 Å². The summed E-state index contributed by atoms with van der Waals surface area (Å²) < 4.78 is 0. The summed E-state index contributed by atoms with van der Waals surface area (Å²) in [6.07, 6.45) is 0.271. The second-order valence-electron chi connectivity index (χ2n) is 5.29. The Balaban J connectivity index is 1.82. The van der Waals surface area contributed by atoms with Crippen LogP contribution in [0.1, 0.15) is 18.9 Å². The molecule has 1 aliphatic heterocycles. The zero-order valence-corrected chi connectivity index (χ0v) is 11.6. The van der Waals surface area contributed by atoms with E-state index in [1.807, 2.05) is 54.6 Å². The minimum absolute atomic E-state index is 0.271. The molecule has 1 heterocycles. The van der Waals surface area contributed by atoms with Crippen LogP contribution < -0.4 is 0 Å². The number of oxime groups is 1. The fourth-order valence-electron chi connectivity index (χ4n) is 2.30. The van der Waals surface area contributed by atoms with Gasteiger partial charge in [0.1, 0.15) is 0 Å². The molecule has 2 aromatic carbocycles. The van der Waals surface area contributed by atoms with Crippen LogP contribution in [0.5, 0.6) is 0 Å². The second-order valence-corrected chi connectivity index (χ2v) is 5.29. The molecule has 0 fully saturated rings. The average Bonchev–Trinajstić information content (AvgIpc) is 2.92. The first kappa shape index (κ1) is 13.4. The van der Waals surface area contributed by atoms with Gasteiger partial charge < -0.3 is 9.94 Å². The summed E-state index contributed by atoms with van der Waals surface area (Å²) in [6.45, 7) is 1.53. The third-order valence-corrected chi connectivity index (χ3v) is 3.64. The van der Waals surface area contributed by atoms with E-state index >= 15 is 0 Å². The summed E-state index contributed by atoms with van der Waals surface area (Å²) in [4.78, 5) is 16.2. The number of benzene rings is 2. The standard InChI is InChI=1S/C17H15NO3/c1-17(16(19)20)11-15(18-21-17)14-9-7-13(8-10-14)12-5-3-2-4-6-12/h2-10H,11H2,1H3,(H,19,20)/t17-/m0/s1. The van der Waals surface area contributed by atoms with Crippen LogP contribution in [0.2, 0.25) is 0 Å². The number of carboxylic acid groups (broad SMARTS) is 1. The Hall–Kier alpha value is -2.62. The zero-order valence-electron chi connectivity index (χ0n) is 11.6. The maximum atomic E-state index is 11.1. The minimum Gasteiger partial charge on any atom is -0.478 e. The highest BCUT2D eigenvalue weighted by atomic mass is 16.7. The van der Waals surface area contributed by atoms with Gasteiger partial charge in [0.15, 0.2) is 0 Å². The molecule has 4 nitrogen and oxygen atoms in total. The number of hydrogen-bond acceptors (Lipinski definition) is 3. The van der Waals surface area contributed by atoms with Gasteiger partial charge in [0.2, 0.25) is 5.60 Å². The van der Waals surface area contributed by atoms with Crippen molar-refractivity contribution in [3.63, 3.8) is 0 Å². The van der Waals surface area contributed by atoms with E-state index in [-0.39, 0.29) is 6.42 Å². The van der Waals surface area contributed by atoms with Crippen LogP contribution in [0, 0.1) is 0 Å². The highest BCUT2D eigenvalue weighted by Crippen LogP contribution is 2.28. The van der Waals surface area contributed by atoms with Crippen LogP contribution in [0.15, 0.2) is 59.8 Å². The number of nitrogens with zero attached hydrogens (tertiary/aromatic N) is 1. The molecule has 2 aromatic rings. The monoisotopic (exact) mass is 281 g/mol. The van der Waals surface area contributed by atoms with Crippen LogP contribution in [0.3, 0.4) is 0 Å². The molecule has 0 aromatic heterocycles. The first-order valence-electron chi connectivity index (χ1n) is 6.73. The SMILES string of the molecule is C[C@@]1(C(=O)O)CC(c2ccc(-c3ccccc3)cc2)=NO1. The van der Waals surface area contributed by atoms with Crippen molar-refractivity contribution < 1.29 is 14.7 Å². The molecule has 0 amide bonds. The Labute approximate surface area is 122 Å². The lowest BCUT2D eigenvalue weighted by atomic mass is 9.95. The summed E-state index contributed by atoms with van der Waals surface area (Å²) in [7, 11) is 0. The third kappa shape index (κ3) is 2.52. The Bertz CT molecular complexity index is 692. The Morgan fingerprint density at radius 3 is 2.19 bits per heavy atom. The van der Waals surface area contributed by atoms with E-state index in [4.69, 9.17) is 9.94 Å². The average molecular weight is 281 g/mol. The van der Waals surface area contributed by atoms with Crippen LogP contribution in [-0.2, 0) is 9.63 Å². The molecule has 0 bridgehead atoms. The topological polar surface area (TPSA) is 58.9 Å². The molecule has 1 atom stereocenters. The number of hydrogen-bond donors (Lipinski definition) is 1. The highest BCUT2D eigenvalue weighted by Gasteiger charge is 2.42. The van der Waals surface area contributed by atoms with Crippen molar-refractivity contribution in [2.45, 2.75) is 18.9 Å². The molecule has 0 saturated heterocycles. The number of carbonyl (C=O) groups is 1. The van der Waals surface area contributed by atoms with Gasteiger partial charge >= 0.3 is 5.97 Å². The lowest BCUT2D eigenvalue weighted by molar-refractivity contribution is -0.160. The van der Waals surface area contributed by atoms with Gasteiger partial charge in [-0.25, -0.2) is 4.79 Å². The molecular weight excluding hydrogens is 266 g/mol. The highest BCUT2D eigenvalue weighted by molar-refractivity contribution is 6.04. The van der Waals surface area contributed by atoms with Gasteiger partial charge in [0.25, 0.3) is 0 Å². The summed E-state index contributed by atoms with van der Waals surface area (Å²) >= 11 is 0. The van der Waals surface area contributed by atoms with Crippen molar-refractivity contribution in [1.82, 2.24) is 0 Å². The van der Waals surface area contributed by atoms with E-state index in [1.165, 1.54) is 6.92 Å². The predicted octanol–water partition coefficient (Wildman–Crippen LogP) is 3.32. The summed E-state index contributed by atoms with van der Waals surface area (Å²) in [5.74, 6) is -0.998. The fourth-order valence-corrected chi connectivity index (χ4v) is 2.30. The van der Waals surface area contributed by atoms with Gasteiger partial charge in [-0.1, -0.05) is 59.8 Å². The third-order valence-electron chi connectivity index (χ3n) is 3.64. The minimum atomic E-state index is -1.26. The number of carboxylic acids is 1. The van der Waals surface area contributed by atoms with Crippen molar-refractivity contribution in [1.29, 1.82) is 0 Å². The quantitative estimate of drug-likeness (QED) is 0.938. The summed E-state index contributed by atoms with van der Waals surface area (Å²) in [5.41, 5.74) is 2.55. The lowest BCUT2D eigenvalue weighted by Crippen LogP contribution is -2.35. The smallest absolute Gasteiger partial charge is 0.351 e. The maximum absolute atomic E-state index is 11.1. The van der Waals surface area contributed by atoms with Crippen molar-refractivity contribution in [3.05, 3.63) is 60.2 Å². The maximum Gasteiger partial charge on any atom is 0.351 e. The normalized spacial score (nSPS) is 20.7. The molecule has 1 aliphatic rings. The number of aliphatic carboxylic acids is 1. The van der Waals surface area contributed by atoms with E-state index in [2.05, 4.69) is 5.16 Å². The molecule has 0 saturated carbocycles. The molecule has 0 aliphatic carbocycles. The molecule has 0 radical (unpaired) electrons.